The third-order valence-electron chi connectivity index (χ3n) is 5.88. The fourth-order valence-electron chi connectivity index (χ4n) is 3.69. The lowest BCUT2D eigenvalue weighted by Gasteiger charge is -2.43. The van der Waals surface area contributed by atoms with Gasteiger partial charge in [0, 0.05) is 12.3 Å². The molecule has 1 saturated heterocycles. The van der Waals surface area contributed by atoms with Gasteiger partial charge in [0.25, 0.3) is 11.4 Å². The van der Waals surface area contributed by atoms with Crippen LogP contribution in [0.25, 0.3) is 0 Å². The number of nitrogens with zero attached hydrogens (tertiary/aromatic N) is 1. The Kier molecular flexibility index (Phi) is 5.09. The maximum atomic E-state index is 15.2. The van der Waals surface area contributed by atoms with E-state index >= 15 is 4.39 Å². The first kappa shape index (κ1) is 20.2. The molecule has 0 aromatic carbocycles. The number of ether oxygens (including phenoxy) is 3. The Balaban J connectivity index is 1.44. The SMILES string of the molecule is O=C(OC[C@@]1(F)O[C@@H](n2ccc(=O)[nH]c2=O)[C@H](O)[C@@H]1O)C1(OC2CCC2)CCC1. The molecule has 3 N–H and O–H groups in total. The zero-order valence-electron chi connectivity index (χ0n) is 15.6. The number of nitrogens with one attached hydrogen (secondary N) is 1. The molecule has 4 atom stereocenters. The number of alkyl halides is 1. The van der Waals surface area contributed by atoms with Gasteiger partial charge in [0.15, 0.2) is 18.4 Å². The summed E-state index contributed by atoms with van der Waals surface area (Å²) in [5.41, 5.74) is -2.73. The van der Waals surface area contributed by atoms with Crippen LogP contribution in [-0.2, 0) is 19.0 Å². The van der Waals surface area contributed by atoms with Crippen LogP contribution in [0.3, 0.4) is 0 Å². The first-order chi connectivity index (χ1) is 13.7. The molecule has 3 fully saturated rings. The van der Waals surface area contributed by atoms with Crippen molar-refractivity contribution in [2.45, 2.75) is 74.5 Å². The second-order valence-electron chi connectivity index (χ2n) is 7.84. The second kappa shape index (κ2) is 7.31. The molecule has 11 heteroatoms. The highest BCUT2D eigenvalue weighted by Crippen LogP contribution is 2.42. The van der Waals surface area contributed by atoms with Gasteiger partial charge < -0.3 is 24.4 Å². The van der Waals surface area contributed by atoms with Crippen molar-refractivity contribution >= 4 is 5.97 Å². The van der Waals surface area contributed by atoms with E-state index in [1.54, 1.807) is 0 Å². The minimum atomic E-state index is -2.93. The van der Waals surface area contributed by atoms with Crippen LogP contribution < -0.4 is 11.2 Å². The van der Waals surface area contributed by atoms with Crippen molar-refractivity contribution < 1.29 is 33.6 Å². The summed E-state index contributed by atoms with van der Waals surface area (Å²) < 4.78 is 31.9. The molecule has 3 aliphatic rings. The summed E-state index contributed by atoms with van der Waals surface area (Å²) in [6, 6.07) is 0.986. The van der Waals surface area contributed by atoms with Gasteiger partial charge in [0.1, 0.15) is 12.2 Å². The number of aromatic nitrogens is 2. The molecular formula is C18H23FN2O8. The fraction of sp³-hybridized carbons (Fsp3) is 0.722. The summed E-state index contributed by atoms with van der Waals surface area (Å²) in [6.45, 7) is -0.978. The molecule has 2 heterocycles. The summed E-state index contributed by atoms with van der Waals surface area (Å²) in [5, 5.41) is 20.3. The zero-order chi connectivity index (χ0) is 20.8. The molecule has 1 aromatic rings. The number of aromatic amines is 1. The highest BCUT2D eigenvalue weighted by atomic mass is 19.2. The van der Waals surface area contributed by atoms with E-state index in [2.05, 4.69) is 0 Å². The first-order valence-electron chi connectivity index (χ1n) is 9.63. The highest BCUT2D eigenvalue weighted by Gasteiger charge is 2.58. The maximum absolute atomic E-state index is 15.2. The predicted octanol–water partition coefficient (Wildman–Crippen LogP) is -0.512. The lowest BCUT2D eigenvalue weighted by atomic mass is 9.79. The van der Waals surface area contributed by atoms with Gasteiger partial charge in [0.05, 0.1) is 6.10 Å². The standard InChI is InChI=1S/C18H23FN2O8/c19-18(9-27-15(25)17(6-2-7-17)28-10-3-1-4-10)13(24)12(23)14(29-18)21-8-5-11(22)20-16(21)26/h5,8,10,12-14,23-24H,1-4,6-7,9H2,(H,20,22,26)/t12-,13+,14-,18-/m1/s1. The van der Waals surface area contributed by atoms with Gasteiger partial charge >= 0.3 is 11.7 Å². The predicted molar refractivity (Wildman–Crippen MR) is 93.6 cm³/mol. The van der Waals surface area contributed by atoms with Crippen molar-refractivity contribution in [2.75, 3.05) is 6.61 Å². The third-order valence-corrected chi connectivity index (χ3v) is 5.88. The smallest absolute Gasteiger partial charge is 0.338 e. The van der Waals surface area contributed by atoms with Crippen LogP contribution in [0.5, 0.6) is 0 Å². The average Bonchev–Trinajstić information content (AvgIpc) is 2.82. The Labute approximate surface area is 164 Å². The molecule has 0 radical (unpaired) electrons. The topological polar surface area (TPSA) is 140 Å². The molecule has 0 spiro atoms. The lowest BCUT2D eigenvalue weighted by molar-refractivity contribution is -0.234. The van der Waals surface area contributed by atoms with Crippen LogP contribution in [-0.4, -0.2) is 62.1 Å². The van der Waals surface area contributed by atoms with Crippen molar-refractivity contribution in [1.82, 2.24) is 9.55 Å². The molecular weight excluding hydrogens is 391 g/mol. The number of carbonyl (C=O) groups is 1. The van der Waals surface area contributed by atoms with E-state index in [1.807, 2.05) is 4.98 Å². The van der Waals surface area contributed by atoms with E-state index < -0.39 is 53.7 Å². The van der Waals surface area contributed by atoms with E-state index in [9.17, 15) is 24.6 Å². The van der Waals surface area contributed by atoms with Gasteiger partial charge in [-0.2, -0.15) is 0 Å². The fourth-order valence-corrected chi connectivity index (χ4v) is 3.69. The van der Waals surface area contributed by atoms with Gasteiger partial charge in [-0.1, -0.05) is 0 Å². The van der Waals surface area contributed by atoms with E-state index in [0.29, 0.717) is 12.8 Å². The molecule has 2 aliphatic carbocycles. The molecule has 0 unspecified atom stereocenters. The number of carbonyl (C=O) groups excluding carboxylic acids is 1. The maximum Gasteiger partial charge on any atom is 0.338 e. The zero-order valence-corrected chi connectivity index (χ0v) is 15.6. The molecule has 0 amide bonds. The van der Waals surface area contributed by atoms with Crippen molar-refractivity contribution in [3.63, 3.8) is 0 Å². The quantitative estimate of drug-likeness (QED) is 0.529. The van der Waals surface area contributed by atoms with Crippen molar-refractivity contribution in [3.05, 3.63) is 33.1 Å². The van der Waals surface area contributed by atoms with Gasteiger partial charge in [0.2, 0.25) is 0 Å². The van der Waals surface area contributed by atoms with Crippen LogP contribution in [0.4, 0.5) is 4.39 Å². The van der Waals surface area contributed by atoms with Crippen molar-refractivity contribution in [3.8, 4) is 0 Å². The third kappa shape index (κ3) is 3.52. The largest absolute Gasteiger partial charge is 0.457 e. The summed E-state index contributed by atoms with van der Waals surface area (Å²) in [6.07, 6.45) is -0.00510. The molecule has 0 bridgehead atoms. The van der Waals surface area contributed by atoms with Crippen LogP contribution in [0, 0.1) is 0 Å². The van der Waals surface area contributed by atoms with Crippen LogP contribution in [0.2, 0.25) is 0 Å². The number of esters is 1. The molecule has 160 valence electrons. The number of halogens is 1. The second-order valence-corrected chi connectivity index (χ2v) is 7.84. The first-order valence-corrected chi connectivity index (χ1v) is 9.63. The van der Waals surface area contributed by atoms with E-state index in [0.717, 1.165) is 42.5 Å². The van der Waals surface area contributed by atoms with Crippen LogP contribution in [0.1, 0.15) is 44.8 Å². The molecule has 29 heavy (non-hydrogen) atoms. The van der Waals surface area contributed by atoms with Gasteiger partial charge in [-0.05, 0) is 38.5 Å². The monoisotopic (exact) mass is 414 g/mol. The number of hydrogen-bond acceptors (Lipinski definition) is 8. The van der Waals surface area contributed by atoms with Crippen LogP contribution in [0.15, 0.2) is 21.9 Å². The van der Waals surface area contributed by atoms with Gasteiger partial charge in [-0.25, -0.2) is 14.0 Å². The summed E-state index contributed by atoms with van der Waals surface area (Å²) in [4.78, 5) is 37.5. The van der Waals surface area contributed by atoms with Crippen molar-refractivity contribution in [2.24, 2.45) is 0 Å². The number of H-pyrrole nitrogens is 1. The average molecular weight is 414 g/mol. The number of rotatable bonds is 6. The molecule has 1 aromatic heterocycles. The normalized spacial score (nSPS) is 33.7. The number of aliphatic hydroxyl groups is 2. The lowest BCUT2D eigenvalue weighted by Crippen LogP contribution is -2.53. The van der Waals surface area contributed by atoms with E-state index in [4.69, 9.17) is 14.2 Å². The Morgan fingerprint density at radius 1 is 1.31 bits per heavy atom. The Bertz CT molecular complexity index is 892. The molecule has 4 rings (SSSR count). The van der Waals surface area contributed by atoms with Gasteiger partial charge in [-0.15, -0.1) is 0 Å². The summed E-state index contributed by atoms with van der Waals surface area (Å²) >= 11 is 0. The highest BCUT2D eigenvalue weighted by molar-refractivity contribution is 5.80. The minimum Gasteiger partial charge on any atom is -0.457 e. The molecule has 1 aliphatic heterocycles. The van der Waals surface area contributed by atoms with Crippen molar-refractivity contribution in [1.29, 1.82) is 0 Å². The Hall–Kier alpha value is -2.08. The molecule has 2 saturated carbocycles. The number of aliphatic hydroxyl groups excluding tert-OH is 2. The number of hydrogen-bond donors (Lipinski definition) is 3. The Morgan fingerprint density at radius 2 is 2.03 bits per heavy atom. The summed E-state index contributed by atoms with van der Waals surface area (Å²) in [7, 11) is 0. The van der Waals surface area contributed by atoms with Gasteiger partial charge in [-0.3, -0.25) is 14.3 Å². The van der Waals surface area contributed by atoms with E-state index in [1.165, 1.54) is 0 Å². The summed E-state index contributed by atoms with van der Waals surface area (Å²) in [5.74, 6) is -3.67. The molecule has 10 nitrogen and oxygen atoms in total. The van der Waals surface area contributed by atoms with E-state index in [-0.39, 0.29) is 6.10 Å². The minimum absolute atomic E-state index is 0.00572. The Morgan fingerprint density at radius 3 is 2.59 bits per heavy atom. The van der Waals surface area contributed by atoms with Crippen LogP contribution >= 0.6 is 0 Å².